The van der Waals surface area contributed by atoms with Crippen LogP contribution in [-0.2, 0) is 11.0 Å². The zero-order valence-electron chi connectivity index (χ0n) is 8.88. The number of hydrogen-bond donors (Lipinski definition) is 1. The van der Waals surface area contributed by atoms with Gasteiger partial charge in [-0.25, -0.2) is 4.21 Å². The van der Waals surface area contributed by atoms with E-state index in [1.165, 1.54) is 19.3 Å². The summed E-state index contributed by atoms with van der Waals surface area (Å²) in [6.07, 6.45) is 4.94. The standard InChI is InChI=1S/C10H21NOS/c1-4-8(9-5-6-9)7-10(2,3)13(11)12/h8-9H,4-7,11H2,1-3H3/t8-,13?/m1/s1. The van der Waals surface area contributed by atoms with Crippen LogP contribution in [0, 0.1) is 11.8 Å². The molecule has 2 N–H and O–H groups in total. The van der Waals surface area contributed by atoms with Gasteiger partial charge in [-0.1, -0.05) is 13.3 Å². The van der Waals surface area contributed by atoms with Crippen molar-refractivity contribution in [3.05, 3.63) is 0 Å². The fourth-order valence-electron chi connectivity index (χ4n) is 1.93. The zero-order valence-corrected chi connectivity index (χ0v) is 9.69. The van der Waals surface area contributed by atoms with Crippen molar-refractivity contribution in [3.8, 4) is 0 Å². The van der Waals surface area contributed by atoms with Crippen molar-refractivity contribution in [2.24, 2.45) is 17.0 Å². The Morgan fingerprint density at radius 1 is 1.54 bits per heavy atom. The van der Waals surface area contributed by atoms with Crippen LogP contribution in [-0.4, -0.2) is 8.96 Å². The maximum Gasteiger partial charge on any atom is 0.0945 e. The van der Waals surface area contributed by atoms with E-state index in [1.807, 2.05) is 13.8 Å². The average Bonchev–Trinajstić information content (AvgIpc) is 2.82. The average molecular weight is 203 g/mol. The van der Waals surface area contributed by atoms with E-state index >= 15 is 0 Å². The van der Waals surface area contributed by atoms with Crippen LogP contribution < -0.4 is 5.14 Å². The minimum atomic E-state index is -1.19. The van der Waals surface area contributed by atoms with E-state index in [0.717, 1.165) is 18.3 Å². The van der Waals surface area contributed by atoms with Crippen LogP contribution in [0.5, 0.6) is 0 Å². The normalized spacial score (nSPS) is 22.8. The lowest BCUT2D eigenvalue weighted by atomic mass is 9.90. The molecule has 0 saturated heterocycles. The maximum atomic E-state index is 11.2. The summed E-state index contributed by atoms with van der Waals surface area (Å²) < 4.78 is 11.0. The lowest BCUT2D eigenvalue weighted by Gasteiger charge is -2.26. The summed E-state index contributed by atoms with van der Waals surface area (Å²) >= 11 is 0. The van der Waals surface area contributed by atoms with E-state index in [2.05, 4.69) is 6.92 Å². The molecule has 0 amide bonds. The molecule has 2 nitrogen and oxygen atoms in total. The first kappa shape index (κ1) is 11.2. The predicted molar refractivity (Wildman–Crippen MR) is 57.5 cm³/mol. The van der Waals surface area contributed by atoms with Gasteiger partial charge in [-0.05, 0) is 44.9 Å². The van der Waals surface area contributed by atoms with Gasteiger partial charge in [0.1, 0.15) is 0 Å². The highest BCUT2D eigenvalue weighted by Crippen LogP contribution is 2.42. The molecule has 1 rings (SSSR count). The summed E-state index contributed by atoms with van der Waals surface area (Å²) in [7, 11) is -1.19. The van der Waals surface area contributed by atoms with E-state index in [0.29, 0.717) is 0 Å². The van der Waals surface area contributed by atoms with Gasteiger partial charge in [0.2, 0.25) is 0 Å². The second kappa shape index (κ2) is 4.09. The van der Waals surface area contributed by atoms with Crippen molar-refractivity contribution in [1.29, 1.82) is 0 Å². The van der Waals surface area contributed by atoms with Gasteiger partial charge in [-0.2, -0.15) is 0 Å². The zero-order chi connectivity index (χ0) is 10.1. The molecular weight excluding hydrogens is 182 g/mol. The first-order chi connectivity index (χ1) is 5.97. The Balaban J connectivity index is 2.48. The fraction of sp³-hybridized carbons (Fsp3) is 1.00. The first-order valence-electron chi connectivity index (χ1n) is 5.13. The molecule has 2 atom stereocenters. The topological polar surface area (TPSA) is 43.1 Å². The Kier molecular flexibility index (Phi) is 3.52. The van der Waals surface area contributed by atoms with Crippen molar-refractivity contribution in [1.82, 2.24) is 0 Å². The Bertz CT molecular complexity index is 199. The Labute approximate surface area is 83.9 Å². The van der Waals surface area contributed by atoms with Crippen LogP contribution in [0.3, 0.4) is 0 Å². The van der Waals surface area contributed by atoms with Crippen LogP contribution in [0.15, 0.2) is 0 Å². The molecular formula is C10H21NOS. The molecule has 0 aromatic carbocycles. The van der Waals surface area contributed by atoms with Gasteiger partial charge >= 0.3 is 0 Å². The van der Waals surface area contributed by atoms with Crippen LogP contribution >= 0.6 is 0 Å². The monoisotopic (exact) mass is 203 g/mol. The SMILES string of the molecule is CC[C@H](CC(C)(C)S(N)=O)C1CC1. The quantitative estimate of drug-likeness (QED) is 0.731. The number of rotatable bonds is 5. The van der Waals surface area contributed by atoms with E-state index in [-0.39, 0.29) is 4.75 Å². The summed E-state index contributed by atoms with van der Waals surface area (Å²) in [6, 6.07) is 0. The number of nitrogens with two attached hydrogens (primary N) is 1. The molecule has 1 aliphatic rings. The van der Waals surface area contributed by atoms with E-state index < -0.39 is 11.0 Å². The van der Waals surface area contributed by atoms with E-state index in [4.69, 9.17) is 5.14 Å². The minimum absolute atomic E-state index is 0.205. The first-order valence-corrected chi connectivity index (χ1v) is 6.35. The van der Waals surface area contributed by atoms with Crippen molar-refractivity contribution < 1.29 is 4.21 Å². The highest BCUT2D eigenvalue weighted by molar-refractivity contribution is 7.84. The third-order valence-corrected chi connectivity index (χ3v) is 4.37. The fourth-order valence-corrected chi connectivity index (χ4v) is 2.30. The summed E-state index contributed by atoms with van der Waals surface area (Å²) in [5, 5.41) is 5.47. The Morgan fingerprint density at radius 3 is 2.38 bits per heavy atom. The largest absolute Gasteiger partial charge is 0.251 e. The molecule has 0 spiro atoms. The third kappa shape index (κ3) is 3.06. The number of hydrogen-bond acceptors (Lipinski definition) is 1. The van der Waals surface area contributed by atoms with Gasteiger partial charge in [0.25, 0.3) is 0 Å². The molecule has 0 bridgehead atoms. The second-order valence-corrected chi connectivity index (χ2v) is 6.47. The lowest BCUT2D eigenvalue weighted by Crippen LogP contribution is -2.34. The lowest BCUT2D eigenvalue weighted by molar-refractivity contribution is 0.372. The highest BCUT2D eigenvalue weighted by atomic mass is 32.2. The van der Waals surface area contributed by atoms with Crippen molar-refractivity contribution >= 4 is 11.0 Å². The van der Waals surface area contributed by atoms with Gasteiger partial charge in [0, 0.05) is 0 Å². The molecule has 13 heavy (non-hydrogen) atoms. The molecule has 3 heteroatoms. The summed E-state index contributed by atoms with van der Waals surface area (Å²) in [6.45, 7) is 6.24. The predicted octanol–water partition coefficient (Wildman–Crippen LogP) is 2.21. The van der Waals surface area contributed by atoms with E-state index in [9.17, 15) is 4.21 Å². The smallest absolute Gasteiger partial charge is 0.0945 e. The maximum absolute atomic E-state index is 11.2. The van der Waals surface area contributed by atoms with Crippen LogP contribution in [0.2, 0.25) is 0 Å². The van der Waals surface area contributed by atoms with Crippen LogP contribution in [0.4, 0.5) is 0 Å². The third-order valence-electron chi connectivity index (χ3n) is 3.11. The highest BCUT2D eigenvalue weighted by Gasteiger charge is 2.35. The molecule has 0 aliphatic heterocycles. The van der Waals surface area contributed by atoms with Gasteiger partial charge in [-0.3, -0.25) is 5.14 Å². The van der Waals surface area contributed by atoms with Gasteiger partial charge in [0.15, 0.2) is 0 Å². The van der Waals surface area contributed by atoms with Crippen LogP contribution in [0.1, 0.15) is 46.5 Å². The van der Waals surface area contributed by atoms with Crippen molar-refractivity contribution in [3.63, 3.8) is 0 Å². The van der Waals surface area contributed by atoms with Gasteiger partial charge < -0.3 is 0 Å². The summed E-state index contributed by atoms with van der Waals surface area (Å²) in [5.41, 5.74) is 0. The second-order valence-electron chi connectivity index (χ2n) is 4.77. The molecule has 1 unspecified atom stereocenters. The molecule has 0 heterocycles. The van der Waals surface area contributed by atoms with E-state index in [1.54, 1.807) is 0 Å². The molecule has 1 fully saturated rings. The van der Waals surface area contributed by atoms with Gasteiger partial charge in [0.05, 0.1) is 15.7 Å². The molecule has 0 aromatic heterocycles. The van der Waals surface area contributed by atoms with Crippen molar-refractivity contribution in [2.45, 2.75) is 51.2 Å². The van der Waals surface area contributed by atoms with Crippen LogP contribution in [0.25, 0.3) is 0 Å². The molecule has 78 valence electrons. The summed E-state index contributed by atoms with van der Waals surface area (Å²) in [5.74, 6) is 1.63. The molecule has 1 aliphatic carbocycles. The minimum Gasteiger partial charge on any atom is -0.251 e. The molecule has 0 radical (unpaired) electrons. The van der Waals surface area contributed by atoms with Crippen molar-refractivity contribution in [2.75, 3.05) is 0 Å². The molecule has 0 aromatic rings. The summed E-state index contributed by atoms with van der Waals surface area (Å²) in [4.78, 5) is 0. The molecule has 1 saturated carbocycles. The Hall–Kier alpha value is 0.110. The van der Waals surface area contributed by atoms with Gasteiger partial charge in [-0.15, -0.1) is 0 Å². The Morgan fingerprint density at radius 2 is 2.08 bits per heavy atom.